The van der Waals surface area contributed by atoms with Crippen LogP contribution < -0.4 is 0 Å². The molecule has 1 heteroatoms. The first kappa shape index (κ1) is 18.0. The fourth-order valence-electron chi connectivity index (χ4n) is 7.83. The number of allylic oxidation sites excluding steroid dienone is 2. The predicted octanol–water partition coefficient (Wildman–Crippen LogP) is 6.78. The van der Waals surface area contributed by atoms with E-state index in [1.807, 2.05) is 0 Å². The van der Waals surface area contributed by atoms with Gasteiger partial charge in [0.2, 0.25) is 0 Å². The second-order valence-corrected chi connectivity index (χ2v) is 10.5. The summed E-state index contributed by atoms with van der Waals surface area (Å²) < 4.78 is 6.56. The number of rotatable bonds is 3. The molecule has 0 amide bonds. The zero-order valence-electron chi connectivity index (χ0n) is 17.2. The Morgan fingerprint density at radius 3 is 2.56 bits per heavy atom. The smallest absolute Gasteiger partial charge is 0.0720 e. The summed E-state index contributed by atoms with van der Waals surface area (Å²) in [5.74, 6) is 3.73. The molecule has 0 N–H and O–H groups in total. The first-order valence-electron chi connectivity index (χ1n) is 11.4. The maximum absolute atomic E-state index is 6.56. The number of fused-ring (bicyclic) bond motifs is 5. The van der Waals surface area contributed by atoms with Crippen molar-refractivity contribution in [1.82, 2.24) is 0 Å². The second-order valence-electron chi connectivity index (χ2n) is 10.5. The van der Waals surface area contributed by atoms with Crippen molar-refractivity contribution < 1.29 is 4.74 Å². The van der Waals surface area contributed by atoms with Gasteiger partial charge in [-0.3, -0.25) is 0 Å². The largest absolute Gasteiger partial charge is 0.373 e. The summed E-state index contributed by atoms with van der Waals surface area (Å²) in [6.07, 6.45) is 16.5. The highest BCUT2D eigenvalue weighted by atomic mass is 16.5. The lowest BCUT2D eigenvalue weighted by Crippen LogP contribution is -2.53. The highest BCUT2D eigenvalue weighted by molar-refractivity contribution is 5.15. The van der Waals surface area contributed by atoms with Crippen molar-refractivity contribution in [2.45, 2.75) is 77.9 Å². The van der Waals surface area contributed by atoms with Crippen molar-refractivity contribution in [1.29, 1.82) is 0 Å². The Morgan fingerprint density at radius 2 is 1.70 bits per heavy atom. The van der Waals surface area contributed by atoms with E-state index in [1.165, 1.54) is 56.9 Å². The van der Waals surface area contributed by atoms with E-state index in [0.717, 1.165) is 30.3 Å². The molecule has 0 aliphatic heterocycles. The third-order valence-corrected chi connectivity index (χ3v) is 9.42. The Hall–Kier alpha value is -1.08. The molecule has 146 valence electrons. The Balaban J connectivity index is 1.33. The standard InChI is InChI=1S/C26H36O/c1-25-16-7-6-10-20(25)11-12-21-22-13-14-24(26(22,2)17-15-23(21)25)27-18-19-8-4-3-5-9-19/h3-9,20-24H,10-18H2,1-2H3/t20-,21+,22-,23+,24-,25-,26-/m0/s1. The van der Waals surface area contributed by atoms with Crippen molar-refractivity contribution in [2.75, 3.05) is 0 Å². The Kier molecular flexibility index (Phi) is 4.50. The van der Waals surface area contributed by atoms with E-state index >= 15 is 0 Å². The molecule has 5 rings (SSSR count). The maximum Gasteiger partial charge on any atom is 0.0720 e. The maximum atomic E-state index is 6.56. The van der Waals surface area contributed by atoms with Gasteiger partial charge in [0.1, 0.15) is 0 Å². The zero-order chi connectivity index (χ0) is 18.5. The van der Waals surface area contributed by atoms with E-state index < -0.39 is 0 Å². The summed E-state index contributed by atoms with van der Waals surface area (Å²) in [7, 11) is 0. The van der Waals surface area contributed by atoms with Gasteiger partial charge in [-0.05, 0) is 91.4 Å². The van der Waals surface area contributed by atoms with Gasteiger partial charge < -0.3 is 4.74 Å². The molecule has 0 spiro atoms. The summed E-state index contributed by atoms with van der Waals surface area (Å²) >= 11 is 0. The van der Waals surface area contributed by atoms with E-state index in [2.05, 4.69) is 56.3 Å². The topological polar surface area (TPSA) is 9.23 Å². The third kappa shape index (κ3) is 2.84. The van der Waals surface area contributed by atoms with Crippen LogP contribution in [0.1, 0.15) is 70.8 Å². The molecule has 1 nitrogen and oxygen atoms in total. The lowest BCUT2D eigenvalue weighted by molar-refractivity contribution is -0.124. The summed E-state index contributed by atoms with van der Waals surface area (Å²) in [6.45, 7) is 6.00. The molecular weight excluding hydrogens is 328 g/mol. The third-order valence-electron chi connectivity index (χ3n) is 9.42. The van der Waals surface area contributed by atoms with Crippen molar-refractivity contribution in [2.24, 2.45) is 34.5 Å². The Bertz CT molecular complexity index is 693. The van der Waals surface area contributed by atoms with Crippen LogP contribution in [0, 0.1) is 34.5 Å². The van der Waals surface area contributed by atoms with E-state index in [0.29, 0.717) is 16.9 Å². The molecule has 4 aliphatic rings. The van der Waals surface area contributed by atoms with Crippen molar-refractivity contribution in [3.8, 4) is 0 Å². The minimum atomic E-state index is 0.406. The van der Waals surface area contributed by atoms with Gasteiger partial charge in [-0.15, -0.1) is 0 Å². The van der Waals surface area contributed by atoms with E-state index in [9.17, 15) is 0 Å². The van der Waals surface area contributed by atoms with Gasteiger partial charge in [0.05, 0.1) is 12.7 Å². The van der Waals surface area contributed by atoms with Crippen molar-refractivity contribution >= 4 is 0 Å². The molecule has 3 fully saturated rings. The van der Waals surface area contributed by atoms with Crippen LogP contribution in [0.2, 0.25) is 0 Å². The highest BCUT2D eigenvalue weighted by Gasteiger charge is 2.59. The van der Waals surface area contributed by atoms with Crippen LogP contribution in [0.4, 0.5) is 0 Å². The molecule has 0 radical (unpaired) electrons. The molecule has 0 heterocycles. The van der Waals surface area contributed by atoms with Crippen LogP contribution in [-0.2, 0) is 11.3 Å². The molecule has 0 aromatic heterocycles. The molecule has 1 aromatic carbocycles. The normalized spacial score (nSPS) is 45.8. The fraction of sp³-hybridized carbons (Fsp3) is 0.692. The van der Waals surface area contributed by atoms with Gasteiger partial charge in [-0.25, -0.2) is 0 Å². The van der Waals surface area contributed by atoms with Gasteiger partial charge in [0.15, 0.2) is 0 Å². The monoisotopic (exact) mass is 364 g/mol. The molecule has 0 bridgehead atoms. The Labute approximate surface area is 165 Å². The number of benzene rings is 1. The average molecular weight is 365 g/mol. The van der Waals surface area contributed by atoms with Crippen LogP contribution in [0.3, 0.4) is 0 Å². The van der Waals surface area contributed by atoms with Crippen LogP contribution >= 0.6 is 0 Å². The first-order valence-corrected chi connectivity index (χ1v) is 11.4. The van der Waals surface area contributed by atoms with Gasteiger partial charge >= 0.3 is 0 Å². The summed E-state index contributed by atoms with van der Waals surface area (Å²) in [5, 5.41) is 0. The molecule has 1 aromatic rings. The lowest BCUT2D eigenvalue weighted by atomic mass is 9.46. The van der Waals surface area contributed by atoms with Gasteiger partial charge in [-0.2, -0.15) is 0 Å². The molecule has 7 atom stereocenters. The number of ether oxygens (including phenoxy) is 1. The molecule has 27 heavy (non-hydrogen) atoms. The number of hydrogen-bond donors (Lipinski definition) is 0. The minimum absolute atomic E-state index is 0.406. The molecular formula is C26H36O. The zero-order valence-corrected chi connectivity index (χ0v) is 17.2. The van der Waals surface area contributed by atoms with Gasteiger partial charge in [-0.1, -0.05) is 56.3 Å². The SMILES string of the molecule is C[C@]12CC=CC[C@H]1CC[C@H]1[C@H]2CC[C@]2(C)[C@@H](OCc3ccccc3)CC[C@@H]12. The predicted molar refractivity (Wildman–Crippen MR) is 111 cm³/mol. The van der Waals surface area contributed by atoms with Crippen LogP contribution in [-0.4, -0.2) is 6.10 Å². The summed E-state index contributed by atoms with van der Waals surface area (Å²) in [5.41, 5.74) is 2.30. The van der Waals surface area contributed by atoms with Crippen LogP contribution in [0.25, 0.3) is 0 Å². The average Bonchev–Trinajstić information content (AvgIpc) is 3.03. The molecule has 0 unspecified atom stereocenters. The van der Waals surface area contributed by atoms with E-state index in [4.69, 9.17) is 4.74 Å². The van der Waals surface area contributed by atoms with Crippen molar-refractivity contribution in [3.63, 3.8) is 0 Å². The summed E-state index contributed by atoms with van der Waals surface area (Å²) in [4.78, 5) is 0. The first-order chi connectivity index (χ1) is 13.1. The van der Waals surface area contributed by atoms with Crippen LogP contribution in [0.5, 0.6) is 0 Å². The minimum Gasteiger partial charge on any atom is -0.373 e. The molecule has 3 saturated carbocycles. The highest BCUT2D eigenvalue weighted by Crippen LogP contribution is 2.66. The van der Waals surface area contributed by atoms with E-state index in [1.54, 1.807) is 0 Å². The molecule has 0 saturated heterocycles. The fourth-order valence-corrected chi connectivity index (χ4v) is 7.83. The lowest BCUT2D eigenvalue weighted by Gasteiger charge is -2.59. The number of hydrogen-bond acceptors (Lipinski definition) is 1. The quantitative estimate of drug-likeness (QED) is 0.537. The van der Waals surface area contributed by atoms with E-state index in [-0.39, 0.29) is 0 Å². The Morgan fingerprint density at radius 1 is 0.889 bits per heavy atom. The van der Waals surface area contributed by atoms with Gasteiger partial charge in [0.25, 0.3) is 0 Å². The van der Waals surface area contributed by atoms with Gasteiger partial charge in [0, 0.05) is 0 Å². The molecule has 4 aliphatic carbocycles. The summed E-state index contributed by atoms with van der Waals surface area (Å²) in [6, 6.07) is 10.7. The van der Waals surface area contributed by atoms with Crippen molar-refractivity contribution in [3.05, 3.63) is 48.0 Å². The van der Waals surface area contributed by atoms with Crippen LogP contribution in [0.15, 0.2) is 42.5 Å². The second kappa shape index (κ2) is 6.76.